The molecule has 0 spiro atoms. The fraction of sp³-hybridized carbons (Fsp3) is 0.241. The summed E-state index contributed by atoms with van der Waals surface area (Å²) in [6.07, 6.45) is 2.63. The zero-order valence-corrected chi connectivity index (χ0v) is 20.5. The molecular weight excluding hydrogens is 460 g/mol. The van der Waals surface area contributed by atoms with Gasteiger partial charge in [0.1, 0.15) is 36.2 Å². The molecule has 0 aliphatic rings. The average Bonchev–Trinajstić information content (AvgIpc) is 2.82. The Morgan fingerprint density at radius 1 is 0.944 bits per heavy atom. The van der Waals surface area contributed by atoms with Crippen LogP contribution < -0.4 is 9.47 Å². The van der Waals surface area contributed by atoms with Crippen molar-refractivity contribution in [3.8, 4) is 23.0 Å². The molecule has 0 heterocycles. The lowest BCUT2D eigenvalue weighted by molar-refractivity contribution is -0.131. The largest absolute Gasteiger partial charge is 0.507 e. The molecule has 0 saturated heterocycles. The zero-order valence-electron chi connectivity index (χ0n) is 20.5. The van der Waals surface area contributed by atoms with Crippen LogP contribution in [0.1, 0.15) is 52.9 Å². The molecule has 0 amide bonds. The van der Waals surface area contributed by atoms with Gasteiger partial charge >= 0.3 is 5.97 Å². The van der Waals surface area contributed by atoms with Gasteiger partial charge in [0.25, 0.3) is 0 Å². The van der Waals surface area contributed by atoms with E-state index >= 15 is 0 Å². The molecule has 36 heavy (non-hydrogen) atoms. The lowest BCUT2D eigenvalue weighted by Crippen LogP contribution is -2.05. The van der Waals surface area contributed by atoms with Crippen molar-refractivity contribution in [2.45, 2.75) is 40.4 Å². The number of carbonyl (C=O) groups is 2. The Bertz CT molecular complexity index is 1270. The predicted molar refractivity (Wildman–Crippen MR) is 137 cm³/mol. The van der Waals surface area contributed by atoms with Crippen molar-refractivity contribution < 1.29 is 34.4 Å². The first-order chi connectivity index (χ1) is 17.1. The van der Waals surface area contributed by atoms with E-state index in [1.807, 2.05) is 38.1 Å². The first-order valence-corrected chi connectivity index (χ1v) is 11.6. The van der Waals surface area contributed by atoms with Crippen LogP contribution in [0.25, 0.3) is 6.08 Å². The summed E-state index contributed by atoms with van der Waals surface area (Å²) in [6.45, 7) is 6.16. The van der Waals surface area contributed by atoms with Crippen LogP contribution in [0.5, 0.6) is 23.0 Å². The highest BCUT2D eigenvalue weighted by Gasteiger charge is 2.17. The van der Waals surface area contributed by atoms with E-state index in [9.17, 15) is 19.8 Å². The number of carboxylic acids is 1. The molecule has 7 heteroatoms. The van der Waals surface area contributed by atoms with Gasteiger partial charge in [-0.3, -0.25) is 4.79 Å². The molecule has 0 atom stereocenters. The molecule has 3 aromatic rings. The maximum Gasteiger partial charge on any atom is 0.328 e. The van der Waals surface area contributed by atoms with Crippen LogP contribution in [-0.2, 0) is 18.0 Å². The molecule has 0 aliphatic carbocycles. The van der Waals surface area contributed by atoms with E-state index < -0.39 is 5.97 Å². The number of hydrogen-bond donors (Lipinski definition) is 3. The number of benzene rings is 3. The molecule has 0 aliphatic heterocycles. The van der Waals surface area contributed by atoms with Crippen LogP contribution in [0.2, 0.25) is 0 Å². The van der Waals surface area contributed by atoms with E-state index in [4.69, 9.17) is 14.6 Å². The van der Waals surface area contributed by atoms with Gasteiger partial charge in [-0.25, -0.2) is 4.79 Å². The van der Waals surface area contributed by atoms with E-state index in [0.717, 1.165) is 17.2 Å². The van der Waals surface area contributed by atoms with Gasteiger partial charge in [0.15, 0.2) is 5.78 Å². The van der Waals surface area contributed by atoms with Gasteiger partial charge in [-0.15, -0.1) is 0 Å². The molecule has 0 saturated carbocycles. The number of aromatic hydroxyl groups is 2. The maximum absolute atomic E-state index is 12.4. The monoisotopic (exact) mass is 490 g/mol. The van der Waals surface area contributed by atoms with E-state index in [1.165, 1.54) is 12.1 Å². The number of phenolic OH excluding ortho intramolecular Hbond substituents is 2. The highest BCUT2D eigenvalue weighted by atomic mass is 16.5. The van der Waals surface area contributed by atoms with Crippen LogP contribution in [0, 0.1) is 12.8 Å². The number of ketones is 1. The minimum Gasteiger partial charge on any atom is -0.507 e. The van der Waals surface area contributed by atoms with Gasteiger partial charge < -0.3 is 24.8 Å². The van der Waals surface area contributed by atoms with E-state index in [0.29, 0.717) is 34.6 Å². The maximum atomic E-state index is 12.4. The zero-order chi connectivity index (χ0) is 26.2. The van der Waals surface area contributed by atoms with Gasteiger partial charge in [0.05, 0.1) is 5.56 Å². The van der Waals surface area contributed by atoms with Crippen LogP contribution in [0.3, 0.4) is 0 Å². The summed E-state index contributed by atoms with van der Waals surface area (Å²) >= 11 is 0. The van der Waals surface area contributed by atoms with E-state index in [1.54, 1.807) is 31.2 Å². The summed E-state index contributed by atoms with van der Waals surface area (Å²) in [5.74, 6) is -0.169. The molecule has 188 valence electrons. The SMILES string of the molecule is Cc1c(OCc2cccc(COc3ccc(/C=C/C(=O)O)c(O)c3)c2)ccc(C(=O)CC(C)C)c1O. The van der Waals surface area contributed by atoms with Crippen molar-refractivity contribution in [1.82, 2.24) is 0 Å². The molecule has 7 nitrogen and oxygen atoms in total. The minimum absolute atomic E-state index is 0.0481. The van der Waals surface area contributed by atoms with Gasteiger partial charge in [-0.05, 0) is 60.4 Å². The van der Waals surface area contributed by atoms with Gasteiger partial charge in [-0.2, -0.15) is 0 Å². The number of ether oxygens (including phenoxy) is 2. The Morgan fingerprint density at radius 2 is 1.64 bits per heavy atom. The average molecular weight is 491 g/mol. The summed E-state index contributed by atoms with van der Waals surface area (Å²) in [7, 11) is 0. The van der Waals surface area contributed by atoms with Crippen molar-refractivity contribution in [1.29, 1.82) is 0 Å². The fourth-order valence-corrected chi connectivity index (χ4v) is 3.60. The number of Topliss-reactive ketones (excluding diaryl/α,β-unsaturated/α-hetero) is 1. The van der Waals surface area contributed by atoms with Gasteiger partial charge in [0, 0.05) is 29.7 Å². The number of carbonyl (C=O) groups excluding carboxylic acids is 1. The molecule has 0 fully saturated rings. The van der Waals surface area contributed by atoms with Crippen LogP contribution in [-0.4, -0.2) is 27.1 Å². The fourth-order valence-electron chi connectivity index (χ4n) is 3.60. The van der Waals surface area contributed by atoms with Crippen molar-refractivity contribution in [3.63, 3.8) is 0 Å². The Balaban J connectivity index is 1.62. The molecule has 3 N–H and O–H groups in total. The summed E-state index contributed by atoms with van der Waals surface area (Å²) in [5, 5.41) is 29.3. The Morgan fingerprint density at radius 3 is 2.28 bits per heavy atom. The molecule has 0 radical (unpaired) electrons. The molecule has 3 aromatic carbocycles. The lowest BCUT2D eigenvalue weighted by atomic mass is 9.98. The van der Waals surface area contributed by atoms with Crippen LogP contribution in [0.4, 0.5) is 0 Å². The Kier molecular flexibility index (Phi) is 8.73. The van der Waals surface area contributed by atoms with Crippen LogP contribution in [0.15, 0.2) is 60.7 Å². The number of hydrogen-bond acceptors (Lipinski definition) is 6. The van der Waals surface area contributed by atoms with Gasteiger partial charge in [0.2, 0.25) is 0 Å². The van der Waals surface area contributed by atoms with Crippen molar-refractivity contribution in [2.75, 3.05) is 0 Å². The first-order valence-electron chi connectivity index (χ1n) is 11.6. The molecule has 3 rings (SSSR count). The molecule has 0 unspecified atom stereocenters. The highest BCUT2D eigenvalue weighted by Crippen LogP contribution is 2.32. The lowest BCUT2D eigenvalue weighted by Gasteiger charge is -2.14. The van der Waals surface area contributed by atoms with Crippen molar-refractivity contribution in [2.24, 2.45) is 5.92 Å². The normalized spacial score (nSPS) is 11.1. The summed E-state index contributed by atoms with van der Waals surface area (Å²) in [5.41, 5.74) is 2.99. The third-order valence-electron chi connectivity index (χ3n) is 5.47. The van der Waals surface area contributed by atoms with Crippen molar-refractivity contribution in [3.05, 3.63) is 88.5 Å². The molecular formula is C29H30O7. The third kappa shape index (κ3) is 7.12. The van der Waals surface area contributed by atoms with Crippen molar-refractivity contribution >= 4 is 17.8 Å². The second-order valence-corrected chi connectivity index (χ2v) is 8.90. The minimum atomic E-state index is -1.10. The predicted octanol–water partition coefficient (Wildman–Crippen LogP) is 5.89. The highest BCUT2D eigenvalue weighted by molar-refractivity contribution is 5.99. The molecule has 0 bridgehead atoms. The second kappa shape index (κ2) is 11.9. The number of aliphatic carboxylic acids is 1. The molecule has 0 aromatic heterocycles. The third-order valence-corrected chi connectivity index (χ3v) is 5.47. The first kappa shape index (κ1) is 26.3. The summed E-state index contributed by atoms with van der Waals surface area (Å²) in [4.78, 5) is 23.0. The number of phenols is 2. The topological polar surface area (TPSA) is 113 Å². The second-order valence-electron chi connectivity index (χ2n) is 8.90. The standard InChI is InChI=1S/C29H30O7/c1-18(2)13-26(31)24-10-11-27(19(3)29(24)34)36-17-21-6-4-5-20(14-21)16-35-23-9-7-22(25(30)15-23)8-12-28(32)33/h4-12,14-15,18,30,34H,13,16-17H2,1-3H3,(H,32,33)/b12-8+. The van der Waals surface area contributed by atoms with E-state index in [2.05, 4.69) is 0 Å². The van der Waals surface area contributed by atoms with Crippen LogP contribution >= 0.6 is 0 Å². The quantitative estimate of drug-likeness (QED) is 0.227. The summed E-state index contributed by atoms with van der Waals surface area (Å²) < 4.78 is 11.7. The summed E-state index contributed by atoms with van der Waals surface area (Å²) in [6, 6.07) is 15.6. The number of rotatable bonds is 11. The Hall–Kier alpha value is -4.26. The van der Waals surface area contributed by atoms with E-state index in [-0.39, 0.29) is 36.4 Å². The van der Waals surface area contributed by atoms with Gasteiger partial charge in [-0.1, -0.05) is 32.0 Å². The number of carboxylic acid groups (broad SMARTS) is 1. The smallest absolute Gasteiger partial charge is 0.328 e. The Labute approximate surface area is 210 Å².